The van der Waals surface area contributed by atoms with E-state index in [1.807, 2.05) is 60.0 Å². The van der Waals surface area contributed by atoms with E-state index in [0.717, 1.165) is 22.4 Å². The molecule has 0 aliphatic heterocycles. The summed E-state index contributed by atoms with van der Waals surface area (Å²) >= 11 is 1.45. The van der Waals surface area contributed by atoms with Crippen LogP contribution in [0.5, 0.6) is 0 Å². The first-order chi connectivity index (χ1) is 14.6. The maximum atomic E-state index is 14.1. The molecule has 0 fully saturated rings. The summed E-state index contributed by atoms with van der Waals surface area (Å²) in [5.41, 5.74) is 6.53. The zero-order valence-corrected chi connectivity index (χ0v) is 16.4. The van der Waals surface area contributed by atoms with Gasteiger partial charge in [0, 0.05) is 16.5 Å². The monoisotopic (exact) mass is 417 g/mol. The summed E-state index contributed by atoms with van der Waals surface area (Å²) in [4.78, 5) is 15.5. The fourth-order valence-electron chi connectivity index (χ4n) is 2.95. The van der Waals surface area contributed by atoms with Gasteiger partial charge in [0.05, 0.1) is 17.5 Å². The van der Waals surface area contributed by atoms with Gasteiger partial charge in [-0.15, -0.1) is 11.3 Å². The molecule has 0 atom stereocenters. The summed E-state index contributed by atoms with van der Waals surface area (Å²) in [7, 11) is 0. The van der Waals surface area contributed by atoms with Crippen LogP contribution in [0.15, 0.2) is 83.3 Å². The van der Waals surface area contributed by atoms with E-state index >= 15 is 0 Å². The van der Waals surface area contributed by atoms with E-state index in [2.05, 4.69) is 15.5 Å². The lowest BCUT2D eigenvalue weighted by Crippen LogP contribution is -2.00. The van der Waals surface area contributed by atoms with Crippen molar-refractivity contribution in [2.24, 2.45) is 5.10 Å². The highest BCUT2D eigenvalue weighted by Crippen LogP contribution is 2.26. The van der Waals surface area contributed by atoms with Crippen molar-refractivity contribution < 1.29 is 14.3 Å². The Labute approximate surface area is 176 Å². The number of anilines is 1. The first-order valence-corrected chi connectivity index (χ1v) is 9.92. The molecule has 5 nitrogen and oxygen atoms in total. The van der Waals surface area contributed by atoms with Crippen LogP contribution in [0.1, 0.15) is 15.9 Å². The number of hydrogen-bond acceptors (Lipinski definition) is 5. The Hall–Kier alpha value is -3.84. The minimum Gasteiger partial charge on any atom is -0.478 e. The van der Waals surface area contributed by atoms with Gasteiger partial charge in [0.15, 0.2) is 0 Å². The molecule has 148 valence electrons. The fourth-order valence-corrected chi connectivity index (χ4v) is 3.62. The molecule has 1 heterocycles. The highest BCUT2D eigenvalue weighted by Gasteiger charge is 2.12. The number of nitrogens with zero attached hydrogens (tertiary/aromatic N) is 2. The SMILES string of the molecule is O=C(O)c1ccc(-c2ccccc2C=NNc2nc(-c3ccccc3)cs2)cc1F. The Morgan fingerprint density at radius 2 is 1.80 bits per heavy atom. The van der Waals surface area contributed by atoms with Crippen LogP contribution in [-0.2, 0) is 0 Å². The summed E-state index contributed by atoms with van der Waals surface area (Å²) in [5.74, 6) is -2.07. The topological polar surface area (TPSA) is 74.6 Å². The lowest BCUT2D eigenvalue weighted by atomic mass is 9.99. The van der Waals surface area contributed by atoms with Crippen LogP contribution >= 0.6 is 11.3 Å². The summed E-state index contributed by atoms with van der Waals surface area (Å²) in [6.45, 7) is 0. The third kappa shape index (κ3) is 4.26. The Morgan fingerprint density at radius 1 is 1.03 bits per heavy atom. The van der Waals surface area contributed by atoms with Gasteiger partial charge < -0.3 is 5.11 Å². The molecule has 0 saturated heterocycles. The third-order valence-electron chi connectivity index (χ3n) is 4.41. The van der Waals surface area contributed by atoms with Crippen LogP contribution in [0.2, 0.25) is 0 Å². The van der Waals surface area contributed by atoms with Crippen molar-refractivity contribution in [2.75, 3.05) is 5.43 Å². The molecule has 0 amide bonds. The molecule has 0 radical (unpaired) electrons. The van der Waals surface area contributed by atoms with E-state index in [1.165, 1.54) is 23.5 Å². The second-order valence-electron chi connectivity index (χ2n) is 6.36. The smallest absolute Gasteiger partial charge is 0.338 e. The van der Waals surface area contributed by atoms with Gasteiger partial charge in [-0.3, -0.25) is 5.43 Å². The largest absolute Gasteiger partial charge is 0.478 e. The maximum Gasteiger partial charge on any atom is 0.338 e. The number of benzene rings is 3. The molecule has 0 aliphatic carbocycles. The van der Waals surface area contributed by atoms with Crippen LogP contribution in [0.3, 0.4) is 0 Å². The molecular weight excluding hydrogens is 401 g/mol. The quantitative estimate of drug-likeness (QED) is 0.309. The number of hydrogen-bond donors (Lipinski definition) is 2. The molecule has 30 heavy (non-hydrogen) atoms. The number of hydrazone groups is 1. The minimum absolute atomic E-state index is 0.357. The number of rotatable bonds is 6. The number of aromatic nitrogens is 1. The number of aromatic carboxylic acids is 1. The normalized spacial score (nSPS) is 11.0. The molecule has 0 spiro atoms. The van der Waals surface area contributed by atoms with E-state index in [9.17, 15) is 9.18 Å². The Bertz CT molecular complexity index is 1220. The number of thiazole rings is 1. The van der Waals surface area contributed by atoms with Gasteiger partial charge in [0.2, 0.25) is 5.13 Å². The van der Waals surface area contributed by atoms with Crippen molar-refractivity contribution in [3.63, 3.8) is 0 Å². The molecule has 4 aromatic rings. The van der Waals surface area contributed by atoms with E-state index in [0.29, 0.717) is 10.7 Å². The van der Waals surface area contributed by atoms with Crippen molar-refractivity contribution >= 4 is 28.7 Å². The molecule has 0 aliphatic rings. The molecule has 1 aromatic heterocycles. The molecule has 0 unspecified atom stereocenters. The number of halogens is 1. The first kappa shape index (κ1) is 19.5. The number of carboxylic acids is 1. The van der Waals surface area contributed by atoms with Crippen molar-refractivity contribution in [1.29, 1.82) is 0 Å². The Morgan fingerprint density at radius 3 is 2.57 bits per heavy atom. The Balaban J connectivity index is 1.54. The molecule has 0 saturated carbocycles. The van der Waals surface area contributed by atoms with Crippen molar-refractivity contribution in [2.45, 2.75) is 0 Å². The van der Waals surface area contributed by atoms with Gasteiger partial charge in [-0.2, -0.15) is 5.10 Å². The molecule has 7 heteroatoms. The maximum absolute atomic E-state index is 14.1. The van der Waals surface area contributed by atoms with E-state index in [-0.39, 0.29) is 5.56 Å². The summed E-state index contributed by atoms with van der Waals surface area (Å²) < 4.78 is 14.1. The fraction of sp³-hybridized carbons (Fsp3) is 0. The highest BCUT2D eigenvalue weighted by atomic mass is 32.1. The van der Waals surface area contributed by atoms with Crippen molar-refractivity contribution in [1.82, 2.24) is 4.98 Å². The zero-order chi connectivity index (χ0) is 20.9. The second kappa shape index (κ2) is 8.67. The van der Waals surface area contributed by atoms with E-state index in [4.69, 9.17) is 5.11 Å². The van der Waals surface area contributed by atoms with Crippen LogP contribution in [0.25, 0.3) is 22.4 Å². The lowest BCUT2D eigenvalue weighted by molar-refractivity contribution is 0.0692. The van der Waals surface area contributed by atoms with E-state index in [1.54, 1.807) is 12.3 Å². The zero-order valence-electron chi connectivity index (χ0n) is 15.6. The van der Waals surface area contributed by atoms with Gasteiger partial charge in [-0.25, -0.2) is 14.2 Å². The third-order valence-corrected chi connectivity index (χ3v) is 5.16. The van der Waals surface area contributed by atoms with Gasteiger partial charge in [0.1, 0.15) is 5.82 Å². The van der Waals surface area contributed by atoms with Crippen LogP contribution in [0.4, 0.5) is 9.52 Å². The predicted octanol–water partition coefficient (Wildman–Crippen LogP) is 5.76. The van der Waals surface area contributed by atoms with Gasteiger partial charge in [-0.1, -0.05) is 60.7 Å². The second-order valence-corrected chi connectivity index (χ2v) is 7.22. The Kier molecular flexibility index (Phi) is 5.63. The molecule has 4 rings (SSSR count). The van der Waals surface area contributed by atoms with Crippen molar-refractivity contribution in [3.8, 4) is 22.4 Å². The van der Waals surface area contributed by atoms with Gasteiger partial charge in [-0.05, 0) is 23.3 Å². The van der Waals surface area contributed by atoms with Gasteiger partial charge >= 0.3 is 5.97 Å². The minimum atomic E-state index is -1.29. The van der Waals surface area contributed by atoms with E-state index < -0.39 is 11.8 Å². The van der Waals surface area contributed by atoms with Crippen LogP contribution in [-0.4, -0.2) is 22.3 Å². The standard InChI is InChI=1S/C23H16FN3O2S/c24-20-12-16(10-11-19(20)22(28)29)18-9-5-4-8-17(18)13-25-27-23-26-21(14-30-23)15-6-2-1-3-7-15/h1-14H,(H,26,27)(H,28,29). The summed E-state index contributed by atoms with van der Waals surface area (Å²) in [6.07, 6.45) is 1.63. The van der Waals surface area contributed by atoms with Crippen LogP contribution in [0, 0.1) is 5.82 Å². The molecule has 2 N–H and O–H groups in total. The van der Waals surface area contributed by atoms with Crippen LogP contribution < -0.4 is 5.43 Å². The number of carboxylic acid groups (broad SMARTS) is 1. The first-order valence-electron chi connectivity index (χ1n) is 9.04. The molecule has 0 bridgehead atoms. The predicted molar refractivity (Wildman–Crippen MR) is 118 cm³/mol. The summed E-state index contributed by atoms with van der Waals surface area (Å²) in [6, 6.07) is 21.3. The average molecular weight is 417 g/mol. The number of nitrogens with one attached hydrogen (secondary N) is 1. The van der Waals surface area contributed by atoms with Crippen molar-refractivity contribution in [3.05, 3.63) is 95.1 Å². The lowest BCUT2D eigenvalue weighted by Gasteiger charge is -2.07. The molecule has 3 aromatic carbocycles. The average Bonchev–Trinajstić information content (AvgIpc) is 3.23. The molecular formula is C23H16FN3O2S. The summed E-state index contributed by atoms with van der Waals surface area (Å²) in [5, 5.41) is 15.9. The van der Waals surface area contributed by atoms with Gasteiger partial charge in [0.25, 0.3) is 0 Å². The highest BCUT2D eigenvalue weighted by molar-refractivity contribution is 7.14. The number of carbonyl (C=O) groups is 1.